The maximum atomic E-state index is 12.8. The highest BCUT2D eigenvalue weighted by atomic mass is 16.5. The molecule has 0 saturated carbocycles. The lowest BCUT2D eigenvalue weighted by Crippen LogP contribution is -2.47. The van der Waals surface area contributed by atoms with Crippen molar-refractivity contribution in [1.29, 1.82) is 0 Å². The number of nitrogens with zero attached hydrogens (tertiary/aromatic N) is 2. The van der Waals surface area contributed by atoms with E-state index in [9.17, 15) is 9.59 Å². The van der Waals surface area contributed by atoms with Gasteiger partial charge < -0.3 is 19.4 Å². The van der Waals surface area contributed by atoms with E-state index in [0.29, 0.717) is 0 Å². The molecule has 2 amide bonds. The Morgan fingerprint density at radius 1 is 1.28 bits per heavy atom. The Kier molecular flexibility index (Phi) is 5.46. The van der Waals surface area contributed by atoms with E-state index in [2.05, 4.69) is 15.0 Å². The number of amides is 2. The first-order chi connectivity index (χ1) is 11.7. The minimum atomic E-state index is -0.582. The molecule has 0 radical (unpaired) electrons. The van der Waals surface area contributed by atoms with Crippen LogP contribution >= 0.6 is 0 Å². The van der Waals surface area contributed by atoms with Crippen LogP contribution in [0.4, 0.5) is 10.5 Å². The summed E-state index contributed by atoms with van der Waals surface area (Å²) in [5.74, 6) is -0.322. The van der Waals surface area contributed by atoms with Crippen LogP contribution in [-0.4, -0.2) is 34.5 Å². The highest BCUT2D eigenvalue weighted by molar-refractivity contribution is 5.90. The molecule has 0 spiro atoms. The number of anilines is 1. The van der Waals surface area contributed by atoms with Crippen LogP contribution in [0.3, 0.4) is 0 Å². The Bertz CT molecular complexity index is 762. The van der Waals surface area contributed by atoms with Crippen LogP contribution < -0.4 is 5.32 Å². The summed E-state index contributed by atoms with van der Waals surface area (Å²) in [5.41, 5.74) is 1.30. The molecule has 1 N–H and O–H groups in total. The van der Waals surface area contributed by atoms with Crippen LogP contribution in [0.25, 0.3) is 0 Å². The zero-order valence-corrected chi connectivity index (χ0v) is 15.1. The molecule has 1 aromatic heterocycles. The number of hydrogen-bond acceptors (Lipinski definition) is 5. The number of aryl methyl sites for hydroxylation is 1. The Morgan fingerprint density at radius 2 is 1.96 bits per heavy atom. The van der Waals surface area contributed by atoms with Crippen molar-refractivity contribution in [1.82, 2.24) is 9.88 Å². The van der Waals surface area contributed by atoms with Crippen molar-refractivity contribution < 1.29 is 18.7 Å². The van der Waals surface area contributed by atoms with Crippen molar-refractivity contribution in [2.45, 2.75) is 39.8 Å². The van der Waals surface area contributed by atoms with Crippen molar-refractivity contribution in [3.63, 3.8) is 0 Å². The third kappa shape index (κ3) is 4.59. The molecule has 0 saturated heterocycles. The van der Waals surface area contributed by atoms with Gasteiger partial charge in [-0.25, -0.2) is 14.6 Å². The third-order valence-corrected chi connectivity index (χ3v) is 3.68. The van der Waals surface area contributed by atoms with Gasteiger partial charge in [-0.05, 0) is 39.3 Å². The molecular formula is C18H23N3O4. The number of carbonyl (C=O) groups excluding carboxylic acids is 2. The number of rotatable bonds is 4. The number of carbonyl (C=O) groups is 2. The standard InChI is InChI=1S/C18H23N3O4/c1-12-8-6-7-9-13(12)20-17(23)21(18(2,3)4)10-15-19-14(11-25-15)16(22)24-5/h6-9,11H,10H2,1-5H3,(H,20,23). The molecule has 2 rings (SSSR count). The molecular weight excluding hydrogens is 322 g/mol. The number of ether oxygens (including phenoxy) is 1. The topological polar surface area (TPSA) is 84.7 Å². The highest BCUT2D eigenvalue weighted by Gasteiger charge is 2.29. The molecule has 7 nitrogen and oxygen atoms in total. The molecule has 1 heterocycles. The zero-order chi connectivity index (χ0) is 18.6. The highest BCUT2D eigenvalue weighted by Crippen LogP contribution is 2.21. The number of methoxy groups -OCH3 is 1. The summed E-state index contributed by atoms with van der Waals surface area (Å²) >= 11 is 0. The fourth-order valence-electron chi connectivity index (χ4n) is 2.23. The largest absolute Gasteiger partial charge is 0.464 e. The van der Waals surface area contributed by atoms with Gasteiger partial charge >= 0.3 is 12.0 Å². The molecule has 0 aliphatic heterocycles. The molecule has 0 atom stereocenters. The first kappa shape index (κ1) is 18.5. The summed E-state index contributed by atoms with van der Waals surface area (Å²) in [7, 11) is 1.27. The molecule has 0 fully saturated rings. The van der Waals surface area contributed by atoms with Crippen LogP contribution in [0.5, 0.6) is 0 Å². The van der Waals surface area contributed by atoms with Gasteiger partial charge in [0.1, 0.15) is 6.26 Å². The van der Waals surface area contributed by atoms with Crippen LogP contribution in [0.1, 0.15) is 42.7 Å². The predicted molar refractivity (Wildman–Crippen MR) is 93.3 cm³/mol. The van der Waals surface area contributed by atoms with E-state index in [-0.39, 0.29) is 24.2 Å². The van der Waals surface area contributed by atoms with Crippen LogP contribution in [-0.2, 0) is 11.3 Å². The fourth-order valence-corrected chi connectivity index (χ4v) is 2.23. The minimum absolute atomic E-state index is 0.0747. The summed E-state index contributed by atoms with van der Waals surface area (Å²) in [6, 6.07) is 7.26. The van der Waals surface area contributed by atoms with Crippen molar-refractivity contribution in [2.24, 2.45) is 0 Å². The van der Waals surface area contributed by atoms with Gasteiger partial charge in [0.25, 0.3) is 0 Å². The van der Waals surface area contributed by atoms with Gasteiger partial charge in [0.2, 0.25) is 5.89 Å². The van der Waals surface area contributed by atoms with E-state index in [0.717, 1.165) is 11.3 Å². The number of esters is 1. The van der Waals surface area contributed by atoms with Crippen LogP contribution in [0.15, 0.2) is 34.9 Å². The monoisotopic (exact) mass is 345 g/mol. The molecule has 0 bridgehead atoms. The van der Waals surface area contributed by atoms with Gasteiger partial charge in [0, 0.05) is 11.2 Å². The molecule has 134 valence electrons. The van der Waals surface area contributed by atoms with Gasteiger partial charge in [0.15, 0.2) is 5.69 Å². The quantitative estimate of drug-likeness (QED) is 0.856. The second-order valence-electron chi connectivity index (χ2n) is 6.62. The van der Waals surface area contributed by atoms with Gasteiger partial charge in [0.05, 0.1) is 13.7 Å². The van der Waals surface area contributed by atoms with Gasteiger partial charge in [-0.1, -0.05) is 18.2 Å². The normalized spacial score (nSPS) is 11.1. The Balaban J connectivity index is 2.19. The number of hydrogen-bond donors (Lipinski definition) is 1. The van der Waals surface area contributed by atoms with E-state index in [1.54, 1.807) is 4.90 Å². The maximum absolute atomic E-state index is 12.8. The summed E-state index contributed by atoms with van der Waals surface area (Å²) in [6.45, 7) is 7.78. The second-order valence-corrected chi connectivity index (χ2v) is 6.62. The second kappa shape index (κ2) is 7.38. The zero-order valence-electron chi connectivity index (χ0n) is 15.1. The number of benzene rings is 1. The lowest BCUT2D eigenvalue weighted by Gasteiger charge is -2.34. The first-order valence-corrected chi connectivity index (χ1v) is 7.89. The maximum Gasteiger partial charge on any atom is 0.360 e. The van der Waals surface area contributed by atoms with Crippen molar-refractivity contribution in [3.05, 3.63) is 47.7 Å². The van der Waals surface area contributed by atoms with E-state index < -0.39 is 11.5 Å². The predicted octanol–water partition coefficient (Wildman–Crippen LogP) is 3.60. The molecule has 1 aromatic carbocycles. The average molecular weight is 345 g/mol. The number of para-hydroxylation sites is 1. The number of urea groups is 1. The Labute approximate surface area is 147 Å². The van der Waals surface area contributed by atoms with Crippen molar-refractivity contribution in [2.75, 3.05) is 12.4 Å². The smallest absolute Gasteiger partial charge is 0.360 e. The van der Waals surface area contributed by atoms with Crippen LogP contribution in [0.2, 0.25) is 0 Å². The Hall–Kier alpha value is -2.83. The van der Waals surface area contributed by atoms with Gasteiger partial charge in [-0.3, -0.25) is 0 Å². The molecule has 25 heavy (non-hydrogen) atoms. The average Bonchev–Trinajstić information content (AvgIpc) is 3.01. The van der Waals surface area contributed by atoms with E-state index >= 15 is 0 Å². The first-order valence-electron chi connectivity index (χ1n) is 7.89. The van der Waals surface area contributed by atoms with Crippen molar-refractivity contribution in [3.8, 4) is 0 Å². The summed E-state index contributed by atoms with van der Waals surface area (Å²) in [4.78, 5) is 29.9. The summed E-state index contributed by atoms with van der Waals surface area (Å²) < 4.78 is 9.91. The van der Waals surface area contributed by atoms with E-state index in [4.69, 9.17) is 4.42 Å². The van der Waals surface area contributed by atoms with Crippen molar-refractivity contribution >= 4 is 17.7 Å². The van der Waals surface area contributed by atoms with Gasteiger partial charge in [-0.15, -0.1) is 0 Å². The summed E-state index contributed by atoms with van der Waals surface area (Å²) in [6.07, 6.45) is 1.22. The molecule has 0 unspecified atom stereocenters. The third-order valence-electron chi connectivity index (χ3n) is 3.68. The molecule has 0 aliphatic rings. The number of nitrogens with one attached hydrogen (secondary N) is 1. The minimum Gasteiger partial charge on any atom is -0.464 e. The Morgan fingerprint density at radius 3 is 2.56 bits per heavy atom. The summed E-state index contributed by atoms with van der Waals surface area (Å²) in [5, 5.41) is 2.90. The number of oxazole rings is 1. The lowest BCUT2D eigenvalue weighted by molar-refractivity contribution is 0.0594. The lowest BCUT2D eigenvalue weighted by atomic mass is 10.1. The van der Waals surface area contributed by atoms with E-state index in [1.807, 2.05) is 52.0 Å². The molecule has 0 aliphatic carbocycles. The van der Waals surface area contributed by atoms with E-state index in [1.165, 1.54) is 13.4 Å². The van der Waals surface area contributed by atoms with Crippen LogP contribution in [0, 0.1) is 6.92 Å². The van der Waals surface area contributed by atoms with Gasteiger partial charge in [-0.2, -0.15) is 0 Å². The number of aromatic nitrogens is 1. The fraction of sp³-hybridized carbons (Fsp3) is 0.389. The molecule has 7 heteroatoms. The molecule has 2 aromatic rings. The SMILES string of the molecule is COC(=O)c1coc(CN(C(=O)Nc2ccccc2C)C(C)(C)C)n1.